The van der Waals surface area contributed by atoms with Crippen LogP contribution in [-0.4, -0.2) is 18.3 Å². The topological polar surface area (TPSA) is 24.9 Å². The molecule has 0 saturated carbocycles. The van der Waals surface area contributed by atoms with Gasteiger partial charge in [0.1, 0.15) is 0 Å². The van der Waals surface area contributed by atoms with Gasteiger partial charge in [0.15, 0.2) is 0 Å². The van der Waals surface area contributed by atoms with E-state index in [-0.39, 0.29) is 0 Å². The summed E-state index contributed by atoms with van der Waals surface area (Å²) in [5.74, 6) is 0. The summed E-state index contributed by atoms with van der Waals surface area (Å²) in [7, 11) is 2.01. The first-order valence-electron chi connectivity index (χ1n) is 6.96. The fourth-order valence-corrected chi connectivity index (χ4v) is 3.83. The van der Waals surface area contributed by atoms with Crippen LogP contribution in [0.3, 0.4) is 0 Å². The lowest BCUT2D eigenvalue weighted by Crippen LogP contribution is -2.18. The summed E-state index contributed by atoms with van der Waals surface area (Å²) in [5, 5.41) is 4.59. The molecule has 0 aliphatic rings. The van der Waals surface area contributed by atoms with Crippen molar-refractivity contribution in [2.24, 2.45) is 0 Å². The van der Waals surface area contributed by atoms with Crippen LogP contribution in [-0.2, 0) is 6.42 Å². The minimum absolute atomic E-state index is 0.307. The van der Waals surface area contributed by atoms with Crippen molar-refractivity contribution in [2.75, 3.05) is 13.3 Å². The summed E-state index contributed by atoms with van der Waals surface area (Å²) in [6, 6.07) is 17.4. The third-order valence-corrected chi connectivity index (χ3v) is 5.39. The van der Waals surface area contributed by atoms with Crippen LogP contribution in [0, 0.1) is 0 Å². The monoisotopic (exact) mass is 314 g/mol. The number of rotatable bonds is 5. The minimum Gasteiger partial charge on any atom is -0.313 e. The molecule has 0 radical (unpaired) electrons. The summed E-state index contributed by atoms with van der Waals surface area (Å²) in [6.07, 6.45) is 3.03. The van der Waals surface area contributed by atoms with Crippen molar-refractivity contribution in [1.29, 1.82) is 0 Å². The number of hydrogen-bond acceptors (Lipinski definition) is 4. The highest BCUT2D eigenvalue weighted by molar-refractivity contribution is 7.98. The Hall–Kier alpha value is -1.36. The lowest BCUT2D eigenvalue weighted by atomic mass is 10.0. The van der Waals surface area contributed by atoms with Crippen molar-refractivity contribution in [3.8, 4) is 0 Å². The van der Waals surface area contributed by atoms with E-state index >= 15 is 0 Å². The van der Waals surface area contributed by atoms with E-state index in [0.717, 1.165) is 11.9 Å². The quantitative estimate of drug-likeness (QED) is 0.701. The number of aromatic nitrogens is 1. The molecule has 2 aromatic carbocycles. The Morgan fingerprint density at radius 2 is 1.90 bits per heavy atom. The molecule has 0 fully saturated rings. The van der Waals surface area contributed by atoms with Gasteiger partial charge >= 0.3 is 0 Å². The Bertz CT molecular complexity index is 686. The number of nitrogens with one attached hydrogen (secondary N) is 1. The number of nitrogens with zero attached hydrogens (tertiary/aromatic N) is 1. The van der Waals surface area contributed by atoms with Crippen LogP contribution in [0.4, 0.5) is 0 Å². The maximum Gasteiger partial charge on any atom is 0.0957 e. The van der Waals surface area contributed by atoms with Gasteiger partial charge in [0.25, 0.3) is 0 Å². The molecule has 1 heterocycles. The molecular weight excluding hydrogens is 296 g/mol. The Kier molecular flexibility index (Phi) is 4.58. The number of para-hydroxylation sites is 1. The van der Waals surface area contributed by atoms with Crippen molar-refractivity contribution >= 4 is 33.3 Å². The van der Waals surface area contributed by atoms with Crippen molar-refractivity contribution in [2.45, 2.75) is 17.4 Å². The summed E-state index contributed by atoms with van der Waals surface area (Å²) < 4.78 is 1.26. The molecule has 0 bridgehead atoms. The Labute approximate surface area is 133 Å². The normalized spacial score (nSPS) is 12.7. The van der Waals surface area contributed by atoms with Gasteiger partial charge in [-0.3, -0.25) is 0 Å². The first-order valence-corrected chi connectivity index (χ1v) is 9.00. The zero-order valence-corrected chi connectivity index (χ0v) is 13.8. The molecule has 21 heavy (non-hydrogen) atoms. The molecule has 4 heteroatoms. The van der Waals surface area contributed by atoms with E-state index in [1.54, 1.807) is 23.1 Å². The Morgan fingerprint density at radius 1 is 1.14 bits per heavy atom. The van der Waals surface area contributed by atoms with E-state index in [0.29, 0.717) is 6.04 Å². The van der Waals surface area contributed by atoms with Crippen LogP contribution in [0.5, 0.6) is 0 Å². The van der Waals surface area contributed by atoms with Crippen LogP contribution in [0.2, 0.25) is 0 Å². The van der Waals surface area contributed by atoms with E-state index < -0.39 is 0 Å². The van der Waals surface area contributed by atoms with Gasteiger partial charge in [-0.25, -0.2) is 4.98 Å². The van der Waals surface area contributed by atoms with Crippen LogP contribution in [0.25, 0.3) is 10.2 Å². The lowest BCUT2D eigenvalue weighted by Gasteiger charge is -2.15. The van der Waals surface area contributed by atoms with Gasteiger partial charge in [0, 0.05) is 17.4 Å². The predicted octanol–water partition coefficient (Wildman–Crippen LogP) is 4.52. The van der Waals surface area contributed by atoms with Gasteiger partial charge in [-0.15, -0.1) is 23.1 Å². The van der Waals surface area contributed by atoms with Crippen LogP contribution < -0.4 is 5.32 Å². The third-order valence-electron chi connectivity index (χ3n) is 3.58. The fourth-order valence-electron chi connectivity index (χ4n) is 2.40. The first-order chi connectivity index (χ1) is 10.3. The number of thioether (sulfide) groups is 1. The van der Waals surface area contributed by atoms with Crippen molar-refractivity contribution in [1.82, 2.24) is 10.3 Å². The van der Waals surface area contributed by atoms with Gasteiger partial charge in [0.05, 0.1) is 15.2 Å². The van der Waals surface area contributed by atoms with E-state index in [1.165, 1.54) is 20.2 Å². The van der Waals surface area contributed by atoms with Gasteiger partial charge in [-0.05, 0) is 43.1 Å². The molecule has 1 aromatic heterocycles. The standard InChI is InChI=1S/C17H18N2S2/c1-18-15(12-7-9-13(20-2)10-8-12)11-17-19-14-5-3-4-6-16(14)21-17/h3-10,15,18H,11H2,1-2H3. The molecule has 3 aromatic rings. The second-order valence-electron chi connectivity index (χ2n) is 4.89. The van der Waals surface area contributed by atoms with E-state index in [2.05, 4.69) is 54.0 Å². The molecule has 0 amide bonds. The number of hydrogen-bond donors (Lipinski definition) is 1. The molecule has 1 atom stereocenters. The van der Waals surface area contributed by atoms with E-state index in [4.69, 9.17) is 4.98 Å². The van der Waals surface area contributed by atoms with Gasteiger partial charge < -0.3 is 5.32 Å². The van der Waals surface area contributed by atoms with Crippen LogP contribution in [0.15, 0.2) is 53.4 Å². The predicted molar refractivity (Wildman–Crippen MR) is 93.3 cm³/mol. The van der Waals surface area contributed by atoms with Crippen molar-refractivity contribution in [3.05, 3.63) is 59.1 Å². The van der Waals surface area contributed by atoms with Crippen molar-refractivity contribution < 1.29 is 0 Å². The van der Waals surface area contributed by atoms with Gasteiger partial charge in [-0.2, -0.15) is 0 Å². The number of likely N-dealkylation sites (N-methyl/N-ethyl adjacent to an activating group) is 1. The molecule has 0 aliphatic heterocycles. The highest BCUT2D eigenvalue weighted by atomic mass is 32.2. The SMILES string of the molecule is CNC(Cc1nc2ccccc2s1)c1ccc(SC)cc1. The molecule has 1 unspecified atom stereocenters. The lowest BCUT2D eigenvalue weighted by molar-refractivity contribution is 0.590. The maximum absolute atomic E-state index is 4.73. The first kappa shape index (κ1) is 14.6. The largest absolute Gasteiger partial charge is 0.313 e. The average molecular weight is 314 g/mol. The molecule has 3 rings (SSSR count). The highest BCUT2D eigenvalue weighted by Gasteiger charge is 2.13. The molecule has 0 aliphatic carbocycles. The average Bonchev–Trinajstić information content (AvgIpc) is 2.95. The zero-order valence-electron chi connectivity index (χ0n) is 12.2. The maximum atomic E-state index is 4.73. The van der Waals surface area contributed by atoms with Gasteiger partial charge in [-0.1, -0.05) is 24.3 Å². The van der Waals surface area contributed by atoms with E-state index in [9.17, 15) is 0 Å². The molecule has 108 valence electrons. The number of fused-ring (bicyclic) bond motifs is 1. The minimum atomic E-state index is 0.307. The second-order valence-corrected chi connectivity index (χ2v) is 6.89. The highest BCUT2D eigenvalue weighted by Crippen LogP contribution is 2.27. The van der Waals surface area contributed by atoms with Crippen LogP contribution in [0.1, 0.15) is 16.6 Å². The summed E-state index contributed by atoms with van der Waals surface area (Å²) >= 11 is 3.56. The summed E-state index contributed by atoms with van der Waals surface area (Å²) in [6.45, 7) is 0. The van der Waals surface area contributed by atoms with Crippen molar-refractivity contribution in [3.63, 3.8) is 0 Å². The fraction of sp³-hybridized carbons (Fsp3) is 0.235. The zero-order chi connectivity index (χ0) is 14.7. The van der Waals surface area contributed by atoms with Gasteiger partial charge in [0.2, 0.25) is 0 Å². The molecule has 1 N–H and O–H groups in total. The summed E-state index contributed by atoms with van der Waals surface area (Å²) in [4.78, 5) is 6.03. The summed E-state index contributed by atoms with van der Waals surface area (Å²) in [5.41, 5.74) is 2.42. The molecule has 0 spiro atoms. The van der Waals surface area contributed by atoms with E-state index in [1.807, 2.05) is 13.1 Å². The number of benzene rings is 2. The molecule has 2 nitrogen and oxygen atoms in total. The number of thiazole rings is 1. The second kappa shape index (κ2) is 6.60. The van der Waals surface area contributed by atoms with Crippen LogP contribution >= 0.6 is 23.1 Å². The Morgan fingerprint density at radius 3 is 2.57 bits per heavy atom. The molecule has 0 saturated heterocycles. The molecular formula is C17H18N2S2. The smallest absolute Gasteiger partial charge is 0.0957 e. The Balaban J connectivity index is 1.82. The third kappa shape index (κ3) is 3.28.